The van der Waals surface area contributed by atoms with Crippen LogP contribution in [-0.2, 0) is 54.3 Å². The van der Waals surface area contributed by atoms with E-state index in [1.807, 2.05) is 24.3 Å². The number of ether oxygens (including phenoxy) is 2. The molecule has 1 aromatic heterocycles. The maximum absolute atomic E-state index is 12.3. The Hall–Kier alpha value is -7.66. The van der Waals surface area contributed by atoms with Crippen LogP contribution in [0.4, 0.5) is 28.3 Å². The summed E-state index contributed by atoms with van der Waals surface area (Å²) in [7, 11) is 0. The summed E-state index contributed by atoms with van der Waals surface area (Å²) in [6.45, 7) is 6.52. The largest absolute Gasteiger partial charge is 0.481 e. The minimum atomic E-state index is -1.46. The number of anilines is 4. The van der Waals surface area contributed by atoms with E-state index in [-0.39, 0.29) is 124 Å². The quantitative estimate of drug-likeness (QED) is 0.0417. The predicted octanol–water partition coefficient (Wildman–Crippen LogP) is 1.47. The first-order chi connectivity index (χ1) is 44.6. The van der Waals surface area contributed by atoms with Crippen LogP contribution in [0.5, 0.6) is 0 Å². The molecular formula is C60H98N14O19. The van der Waals surface area contributed by atoms with Gasteiger partial charge in [0.25, 0.3) is 0 Å². The number of hydrogen-bond acceptors (Lipinski definition) is 23. The maximum atomic E-state index is 12.3. The number of amides is 2. The number of unbranched alkanes of at least 4 members (excludes halogenated alkanes) is 9. The van der Waals surface area contributed by atoms with E-state index in [2.05, 4.69) is 41.4 Å². The zero-order valence-corrected chi connectivity index (χ0v) is 53.2. The van der Waals surface area contributed by atoms with Crippen LogP contribution in [0.3, 0.4) is 0 Å². The number of nitrogens with one attached hydrogen (secondary N) is 5. The second kappa shape index (κ2) is 44.8. The Morgan fingerprint density at radius 3 is 1.54 bits per heavy atom. The summed E-state index contributed by atoms with van der Waals surface area (Å²) >= 11 is 0. The van der Waals surface area contributed by atoms with E-state index >= 15 is 0 Å². The number of hydrogen-bond donors (Lipinski definition) is 13. The van der Waals surface area contributed by atoms with Gasteiger partial charge in [0.2, 0.25) is 17.8 Å². The molecule has 0 aliphatic carbocycles. The third-order valence-corrected chi connectivity index (χ3v) is 15.7. The molecule has 2 aromatic rings. The van der Waals surface area contributed by atoms with Crippen molar-refractivity contribution in [2.75, 3.05) is 166 Å². The third-order valence-electron chi connectivity index (χ3n) is 15.7. The first-order valence-corrected chi connectivity index (χ1v) is 32.1. The van der Waals surface area contributed by atoms with Crippen molar-refractivity contribution in [3.63, 3.8) is 0 Å². The molecule has 1 aromatic carbocycles. The average molecular weight is 1320 g/mol. The number of piperazine rings is 1. The summed E-state index contributed by atoms with van der Waals surface area (Å²) in [5.41, 5.74) is 1.44. The number of carboxylic acid groups (broad SMARTS) is 8. The molecular weight excluding hydrogens is 1220 g/mol. The van der Waals surface area contributed by atoms with Crippen molar-refractivity contribution < 1.29 is 93.5 Å². The Kier molecular flexibility index (Phi) is 37.5. The van der Waals surface area contributed by atoms with Crippen molar-refractivity contribution >= 4 is 77.3 Å². The van der Waals surface area contributed by atoms with Gasteiger partial charge >= 0.3 is 53.8 Å². The minimum absolute atomic E-state index is 0.0864. The fraction of sp³-hybridized carbons (Fsp3) is 0.700. The van der Waals surface area contributed by atoms with Crippen LogP contribution >= 0.6 is 0 Å². The van der Waals surface area contributed by atoms with Crippen molar-refractivity contribution in [2.45, 2.75) is 121 Å². The number of rotatable bonds is 47. The summed E-state index contributed by atoms with van der Waals surface area (Å²) in [4.78, 5) is 130. The summed E-state index contributed by atoms with van der Waals surface area (Å²) in [5.74, 6) is -8.14. The van der Waals surface area contributed by atoms with Crippen LogP contribution in [0.15, 0.2) is 24.3 Å². The van der Waals surface area contributed by atoms with Crippen molar-refractivity contribution in [1.82, 2.24) is 55.4 Å². The van der Waals surface area contributed by atoms with Gasteiger partial charge in [0, 0.05) is 96.7 Å². The highest BCUT2D eigenvalue weighted by atomic mass is 16.5. The molecule has 3 heterocycles. The van der Waals surface area contributed by atoms with Gasteiger partial charge in [0.15, 0.2) is 0 Å². The molecule has 522 valence electrons. The zero-order chi connectivity index (χ0) is 67.8. The van der Waals surface area contributed by atoms with E-state index in [1.54, 1.807) is 19.6 Å². The fourth-order valence-corrected chi connectivity index (χ4v) is 10.7. The number of aromatic nitrogens is 3. The number of aliphatic carboxylic acids is 8. The van der Waals surface area contributed by atoms with Crippen LogP contribution in [0.2, 0.25) is 0 Å². The second-order valence-corrected chi connectivity index (χ2v) is 23.2. The summed E-state index contributed by atoms with van der Waals surface area (Å²) in [5, 5.41) is 90.0. The predicted molar refractivity (Wildman–Crippen MR) is 339 cm³/mol. The van der Waals surface area contributed by atoms with E-state index in [9.17, 15) is 73.8 Å². The number of urea groups is 1. The van der Waals surface area contributed by atoms with Crippen LogP contribution in [-0.4, -0.2) is 303 Å². The molecule has 33 heteroatoms. The Balaban J connectivity index is 1.25. The van der Waals surface area contributed by atoms with Crippen molar-refractivity contribution in [3.8, 4) is 0 Å². The molecule has 3 atom stereocenters. The zero-order valence-electron chi connectivity index (χ0n) is 53.2. The molecule has 2 aliphatic rings. The fourth-order valence-electron chi connectivity index (χ4n) is 10.7. The highest BCUT2D eigenvalue weighted by molar-refractivity contribution is 5.86. The van der Waals surface area contributed by atoms with Crippen molar-refractivity contribution in [3.05, 3.63) is 29.8 Å². The lowest BCUT2D eigenvalue weighted by Crippen LogP contribution is -2.53. The molecule has 2 aliphatic heterocycles. The normalized spacial score (nSPS) is 16.5. The molecule has 4 rings (SSSR count). The lowest BCUT2D eigenvalue weighted by Gasteiger charge is -2.37. The molecule has 93 heavy (non-hydrogen) atoms. The smallest absolute Gasteiger partial charge is 0.326 e. The molecule has 2 amide bonds. The number of nitrogens with zero attached hydrogens (tertiary/aromatic N) is 9. The van der Waals surface area contributed by atoms with Gasteiger partial charge in [0.05, 0.1) is 59.0 Å². The monoisotopic (exact) mass is 1320 g/mol. The molecule has 0 radical (unpaired) electrons. The second-order valence-electron chi connectivity index (χ2n) is 23.2. The van der Waals surface area contributed by atoms with Gasteiger partial charge in [-0.2, -0.15) is 15.0 Å². The maximum Gasteiger partial charge on any atom is 0.326 e. The molecule has 2 saturated heterocycles. The summed E-state index contributed by atoms with van der Waals surface area (Å²) in [6, 6.07) is 3.19. The van der Waals surface area contributed by atoms with Crippen molar-refractivity contribution in [1.29, 1.82) is 0 Å². The summed E-state index contributed by atoms with van der Waals surface area (Å²) < 4.78 is 11.0. The lowest BCUT2D eigenvalue weighted by atomic mass is 10.0. The highest BCUT2D eigenvalue weighted by Gasteiger charge is 2.29. The van der Waals surface area contributed by atoms with E-state index < -0.39 is 78.3 Å². The van der Waals surface area contributed by atoms with Gasteiger partial charge in [-0.3, -0.25) is 53.3 Å². The number of benzene rings is 1. The third kappa shape index (κ3) is 35.3. The summed E-state index contributed by atoms with van der Waals surface area (Å²) in [6.07, 6.45) is 10.9. The van der Waals surface area contributed by atoms with Gasteiger partial charge < -0.3 is 81.8 Å². The van der Waals surface area contributed by atoms with Crippen LogP contribution < -0.4 is 31.5 Å². The van der Waals surface area contributed by atoms with E-state index in [0.717, 1.165) is 63.8 Å². The molecule has 13 N–H and O–H groups in total. The average Bonchev–Trinajstić information content (AvgIpc) is 1.32. The molecule has 1 unspecified atom stereocenters. The first-order valence-electron chi connectivity index (χ1n) is 32.1. The van der Waals surface area contributed by atoms with E-state index in [0.29, 0.717) is 63.0 Å². The topological polar surface area (TPSA) is 452 Å². The van der Waals surface area contributed by atoms with Crippen LogP contribution in [0.1, 0.15) is 102 Å². The van der Waals surface area contributed by atoms with Gasteiger partial charge in [-0.1, -0.05) is 57.1 Å². The van der Waals surface area contributed by atoms with Crippen LogP contribution in [0.25, 0.3) is 0 Å². The Labute approximate surface area is 541 Å². The number of carbonyl (C=O) groups excluding carboxylic acids is 1. The standard InChI is InChI=1S/C60H98N14O19/c75-49(76)18-17-48(56(89)90)65-60(91)64-47(55(87)88)12-8-10-21-61-20-9-6-4-2-1-3-5-7-11-23-69-28-31-73(32-29-69)59-67-57(62-22-35-93-37-36-92-34-19-50(77)78)66-58(68-59)63-45-15-13-44(14-16-45)38-46-39-72(42-53(83)84)27-26-70(40-51(79)80)24-25-71(41-52(81)82)30-33-74(46)43-54(85)86/h13-16,46-48,61H,1-12,17-43H2,(H,75,76)(H,77,78)(H,79,80)(H,81,82)(H,83,84)(H,85,86)(H,87,88)(H,89,90)(H2,64,65,91)(H2,62,63,66,67,68)/t46?,47-,48-/m0/s1. The van der Waals surface area contributed by atoms with Gasteiger partial charge in [0.1, 0.15) is 12.1 Å². The van der Waals surface area contributed by atoms with Gasteiger partial charge in [-0.15, -0.1) is 0 Å². The lowest BCUT2D eigenvalue weighted by molar-refractivity contribution is -0.142. The first kappa shape index (κ1) is 77.8. The van der Waals surface area contributed by atoms with E-state index in [4.69, 9.17) is 29.7 Å². The Bertz CT molecular complexity index is 2610. The number of carboxylic acids is 8. The molecule has 33 nitrogen and oxygen atoms in total. The minimum Gasteiger partial charge on any atom is -0.481 e. The molecule has 2 fully saturated rings. The van der Waals surface area contributed by atoms with Gasteiger partial charge in [-0.05, 0) is 82.3 Å². The Morgan fingerprint density at radius 2 is 0.968 bits per heavy atom. The van der Waals surface area contributed by atoms with Gasteiger partial charge in [-0.25, -0.2) is 14.4 Å². The number of carbonyl (C=O) groups is 9. The molecule has 0 spiro atoms. The highest BCUT2D eigenvalue weighted by Crippen LogP contribution is 2.22. The van der Waals surface area contributed by atoms with Crippen molar-refractivity contribution in [2.24, 2.45) is 0 Å². The SMILES string of the molecule is O=C(O)CCOCCOCCNc1nc(Nc2ccc(CC3CN(CC(=O)O)CCN(CC(=O)O)CCN(CC(=O)O)CCN3CC(=O)O)cc2)nc(N2CCN(CCCCCCCCCCCNCCCC[C@H](NC(=O)N[C@@H](CCC(=O)O)C(=O)O)C(=O)O)CC2)n1. The molecule has 0 bridgehead atoms. The Morgan fingerprint density at radius 1 is 0.473 bits per heavy atom. The molecule has 0 saturated carbocycles. The van der Waals surface area contributed by atoms with E-state index in [1.165, 1.54) is 25.7 Å². The van der Waals surface area contributed by atoms with Crippen LogP contribution in [0, 0.1) is 0 Å².